The first-order valence-electron chi connectivity index (χ1n) is 39.7. The highest BCUT2D eigenvalue weighted by atomic mass is 31.2. The molecule has 0 bridgehead atoms. The number of aliphatic hydroxyl groups is 1. The first-order chi connectivity index (χ1) is 46.1. The molecule has 0 aliphatic carbocycles. The SMILES string of the molecule is CCCCCCCCCCCCCCCCCCCCCCCC(=O)O[C@H](COC(=O)CCCCCCCCCCC(C)CC)COP(=O)(O)OC[C@@H](O)COP(=O)(O)OC[C@@H](COC(=O)CCCCCCCCCCCC)OC(=O)CCCCCCCCCCCCCC. The lowest BCUT2D eigenvalue weighted by molar-refractivity contribution is -0.161. The molecule has 0 aliphatic rings. The number of unbranched alkanes of at least 4 members (excludes halogenated alkanes) is 47. The molecular weight excluding hydrogens is 1250 g/mol. The number of phosphoric acid groups is 2. The van der Waals surface area contributed by atoms with Crippen LogP contribution in [0.5, 0.6) is 0 Å². The predicted octanol–water partition coefficient (Wildman–Crippen LogP) is 22.5. The van der Waals surface area contributed by atoms with Crippen molar-refractivity contribution in [2.45, 2.75) is 419 Å². The lowest BCUT2D eigenvalue weighted by Crippen LogP contribution is -2.30. The number of carbonyl (C=O) groups is 4. The predicted molar refractivity (Wildman–Crippen MR) is 386 cm³/mol. The first-order valence-corrected chi connectivity index (χ1v) is 42.7. The van der Waals surface area contributed by atoms with E-state index < -0.39 is 97.5 Å². The van der Waals surface area contributed by atoms with E-state index in [4.69, 9.17) is 37.0 Å². The fraction of sp³-hybridized carbons (Fsp3) is 0.947. The molecule has 0 heterocycles. The topological polar surface area (TPSA) is 237 Å². The number of carbonyl (C=O) groups excluding carboxylic acids is 4. The molecule has 0 saturated heterocycles. The van der Waals surface area contributed by atoms with Crippen molar-refractivity contribution in [3.05, 3.63) is 0 Å². The standard InChI is InChI=1S/C76H148O17P2/c1-6-10-13-16-19-22-25-27-28-29-30-31-32-33-34-35-37-40-47-52-57-62-76(81)93-72(66-87-74(79)60-55-50-45-42-41-43-48-53-58-69(5)9-4)68-91-95(84,85)89-64-70(77)63-88-94(82,83)90-67-71(65-86-73(78)59-54-49-44-38-24-21-18-15-12-8-3)92-75(80)61-56-51-46-39-36-26-23-20-17-14-11-7-2/h69-72,77H,6-68H2,1-5H3,(H,82,83)(H,84,85)/t69?,70-,71+,72+/m0/s1. The third-order valence-corrected chi connectivity index (χ3v) is 20.0. The van der Waals surface area contributed by atoms with E-state index in [9.17, 15) is 43.2 Å². The summed E-state index contributed by atoms with van der Waals surface area (Å²) in [4.78, 5) is 72.7. The van der Waals surface area contributed by atoms with Crippen molar-refractivity contribution in [2.75, 3.05) is 39.6 Å². The molecule has 0 aromatic heterocycles. The minimum absolute atomic E-state index is 0.108. The fourth-order valence-corrected chi connectivity index (χ4v) is 13.3. The zero-order valence-electron chi connectivity index (χ0n) is 61.8. The van der Waals surface area contributed by atoms with Gasteiger partial charge in [0.15, 0.2) is 12.2 Å². The number of ether oxygens (including phenoxy) is 4. The monoisotopic (exact) mass is 1400 g/mol. The second-order valence-electron chi connectivity index (χ2n) is 27.6. The molecule has 6 atom stereocenters. The van der Waals surface area contributed by atoms with Gasteiger partial charge in [-0.3, -0.25) is 37.3 Å². The maximum Gasteiger partial charge on any atom is 0.472 e. The van der Waals surface area contributed by atoms with Crippen LogP contribution in [0, 0.1) is 5.92 Å². The zero-order valence-corrected chi connectivity index (χ0v) is 63.6. The van der Waals surface area contributed by atoms with Crippen LogP contribution >= 0.6 is 15.6 Å². The highest BCUT2D eigenvalue weighted by Crippen LogP contribution is 2.45. The Morgan fingerprint density at radius 1 is 0.295 bits per heavy atom. The van der Waals surface area contributed by atoms with Crippen LogP contribution in [0.3, 0.4) is 0 Å². The van der Waals surface area contributed by atoms with E-state index in [1.54, 1.807) is 0 Å². The van der Waals surface area contributed by atoms with Gasteiger partial charge in [0, 0.05) is 25.7 Å². The van der Waals surface area contributed by atoms with Crippen LogP contribution in [0.15, 0.2) is 0 Å². The van der Waals surface area contributed by atoms with Gasteiger partial charge in [0.1, 0.15) is 19.3 Å². The molecule has 19 heteroatoms. The van der Waals surface area contributed by atoms with Crippen LogP contribution in [0.1, 0.15) is 401 Å². The Morgan fingerprint density at radius 3 is 0.747 bits per heavy atom. The van der Waals surface area contributed by atoms with Crippen LogP contribution < -0.4 is 0 Å². The minimum Gasteiger partial charge on any atom is -0.462 e. The van der Waals surface area contributed by atoms with E-state index in [0.29, 0.717) is 25.7 Å². The summed E-state index contributed by atoms with van der Waals surface area (Å²) in [6.07, 6.45) is 58.2. The van der Waals surface area contributed by atoms with Gasteiger partial charge in [-0.15, -0.1) is 0 Å². The Labute approximate surface area is 581 Å². The Balaban J connectivity index is 5.19. The Hall–Kier alpha value is -1.94. The third kappa shape index (κ3) is 69.0. The minimum atomic E-state index is -4.96. The molecular formula is C76H148O17P2. The second-order valence-corrected chi connectivity index (χ2v) is 30.5. The molecule has 0 rings (SSSR count). The molecule has 95 heavy (non-hydrogen) atoms. The summed E-state index contributed by atoms with van der Waals surface area (Å²) in [6, 6.07) is 0. The molecule has 0 spiro atoms. The van der Waals surface area contributed by atoms with E-state index in [1.807, 2.05) is 0 Å². The van der Waals surface area contributed by atoms with Crippen molar-refractivity contribution in [3.8, 4) is 0 Å². The number of esters is 4. The summed E-state index contributed by atoms with van der Waals surface area (Å²) in [6.45, 7) is 7.28. The fourth-order valence-electron chi connectivity index (χ4n) is 11.7. The van der Waals surface area contributed by atoms with Gasteiger partial charge >= 0.3 is 39.5 Å². The molecule has 0 saturated carbocycles. The number of rotatable bonds is 76. The van der Waals surface area contributed by atoms with Gasteiger partial charge in [0.2, 0.25) is 0 Å². The summed E-state index contributed by atoms with van der Waals surface area (Å²) < 4.78 is 68.5. The molecule has 17 nitrogen and oxygen atoms in total. The molecule has 3 N–H and O–H groups in total. The highest BCUT2D eigenvalue weighted by Gasteiger charge is 2.30. The van der Waals surface area contributed by atoms with Crippen LogP contribution in [-0.2, 0) is 65.4 Å². The van der Waals surface area contributed by atoms with Gasteiger partial charge in [0.25, 0.3) is 0 Å². The van der Waals surface area contributed by atoms with Gasteiger partial charge in [0.05, 0.1) is 26.4 Å². The summed E-state index contributed by atoms with van der Waals surface area (Å²) in [5.41, 5.74) is 0. The molecule has 0 radical (unpaired) electrons. The Morgan fingerprint density at radius 2 is 0.505 bits per heavy atom. The van der Waals surface area contributed by atoms with Crippen LogP contribution in [0.25, 0.3) is 0 Å². The van der Waals surface area contributed by atoms with Crippen LogP contribution in [0.4, 0.5) is 0 Å². The quantitative estimate of drug-likeness (QED) is 0.0222. The largest absolute Gasteiger partial charge is 0.472 e. The lowest BCUT2D eigenvalue weighted by atomic mass is 9.99. The van der Waals surface area contributed by atoms with Crippen molar-refractivity contribution in [1.29, 1.82) is 0 Å². The van der Waals surface area contributed by atoms with Gasteiger partial charge in [-0.1, -0.05) is 349 Å². The average molecular weight is 1400 g/mol. The van der Waals surface area contributed by atoms with E-state index in [1.165, 1.54) is 225 Å². The Bertz CT molecular complexity index is 1820. The Kier molecular flexibility index (Phi) is 67.7. The summed E-state index contributed by atoms with van der Waals surface area (Å²) >= 11 is 0. The molecule has 0 aromatic rings. The van der Waals surface area contributed by atoms with E-state index >= 15 is 0 Å². The maximum absolute atomic E-state index is 13.1. The normalized spacial score (nSPS) is 14.2. The van der Waals surface area contributed by atoms with Gasteiger partial charge in [-0.05, 0) is 31.6 Å². The van der Waals surface area contributed by atoms with E-state index in [2.05, 4.69) is 34.6 Å². The second kappa shape index (κ2) is 69.2. The van der Waals surface area contributed by atoms with Crippen molar-refractivity contribution in [2.24, 2.45) is 5.92 Å². The number of hydrogen-bond donors (Lipinski definition) is 3. The van der Waals surface area contributed by atoms with Crippen molar-refractivity contribution in [1.82, 2.24) is 0 Å². The van der Waals surface area contributed by atoms with Gasteiger partial charge in [-0.2, -0.15) is 0 Å². The van der Waals surface area contributed by atoms with Crippen molar-refractivity contribution in [3.63, 3.8) is 0 Å². The van der Waals surface area contributed by atoms with Crippen LogP contribution in [0.2, 0.25) is 0 Å². The molecule has 564 valence electrons. The third-order valence-electron chi connectivity index (χ3n) is 18.1. The maximum atomic E-state index is 13.1. The highest BCUT2D eigenvalue weighted by molar-refractivity contribution is 7.47. The lowest BCUT2D eigenvalue weighted by Gasteiger charge is -2.21. The molecule has 3 unspecified atom stereocenters. The van der Waals surface area contributed by atoms with Crippen LogP contribution in [-0.4, -0.2) is 96.7 Å². The van der Waals surface area contributed by atoms with Crippen molar-refractivity contribution < 1.29 is 80.2 Å². The molecule has 0 fully saturated rings. The summed E-state index contributed by atoms with van der Waals surface area (Å²) in [5, 5.41) is 10.6. The number of hydrogen-bond acceptors (Lipinski definition) is 15. The number of phosphoric ester groups is 2. The smallest absolute Gasteiger partial charge is 0.462 e. The average Bonchev–Trinajstić information content (AvgIpc) is 2.06. The molecule has 0 aromatic carbocycles. The molecule has 0 aliphatic heterocycles. The summed E-state index contributed by atoms with van der Waals surface area (Å²) in [5.74, 6) is -1.34. The molecule has 0 amide bonds. The van der Waals surface area contributed by atoms with E-state index in [-0.39, 0.29) is 25.7 Å². The summed E-state index contributed by atoms with van der Waals surface area (Å²) in [7, 11) is -9.91. The van der Waals surface area contributed by atoms with E-state index in [0.717, 1.165) is 95.8 Å². The first kappa shape index (κ1) is 93.1. The van der Waals surface area contributed by atoms with Crippen molar-refractivity contribution >= 4 is 39.5 Å². The zero-order chi connectivity index (χ0) is 69.8. The van der Waals surface area contributed by atoms with Gasteiger partial charge < -0.3 is 33.8 Å². The van der Waals surface area contributed by atoms with Gasteiger partial charge in [-0.25, -0.2) is 9.13 Å². The number of aliphatic hydroxyl groups excluding tert-OH is 1.